The molecule has 2 fully saturated rings. The number of carbonyl (C=O) groups is 1. The fourth-order valence-electron chi connectivity index (χ4n) is 2.83. The van der Waals surface area contributed by atoms with Gasteiger partial charge in [-0.2, -0.15) is 0 Å². The number of ether oxygens (including phenoxy) is 1. The summed E-state index contributed by atoms with van der Waals surface area (Å²) in [4.78, 5) is 16.6. The third-order valence-corrected chi connectivity index (χ3v) is 3.84. The highest BCUT2D eigenvalue weighted by molar-refractivity contribution is 5.83. The van der Waals surface area contributed by atoms with Crippen LogP contribution < -0.4 is 5.32 Å². The summed E-state index contributed by atoms with van der Waals surface area (Å²) in [5.41, 5.74) is 0. The molecule has 1 atom stereocenters. The Labute approximate surface area is 116 Å². The van der Waals surface area contributed by atoms with Crippen LogP contribution in [-0.2, 0) is 9.53 Å². The van der Waals surface area contributed by atoms with Crippen LogP contribution in [0.1, 0.15) is 26.7 Å². The largest absolute Gasteiger partial charge is 0.379 e. The number of carbonyl (C=O) groups excluding carboxylic acids is 1. The van der Waals surface area contributed by atoms with Crippen molar-refractivity contribution in [3.63, 3.8) is 0 Å². The molecule has 0 bridgehead atoms. The highest BCUT2D eigenvalue weighted by Gasteiger charge is 2.31. The highest BCUT2D eigenvalue weighted by Crippen LogP contribution is 2.12. The Bertz CT molecular complexity index is 290. The number of nitrogens with zero attached hydrogens (tertiary/aromatic N) is 2. The minimum absolute atomic E-state index is 0.0448. The van der Waals surface area contributed by atoms with E-state index in [1.807, 2.05) is 4.90 Å². The van der Waals surface area contributed by atoms with E-state index < -0.39 is 0 Å². The number of morpholine rings is 1. The summed E-state index contributed by atoms with van der Waals surface area (Å²) in [5, 5.41) is 3.34. The van der Waals surface area contributed by atoms with Crippen LogP contribution in [0.3, 0.4) is 0 Å². The molecule has 0 aromatic rings. The van der Waals surface area contributed by atoms with E-state index in [4.69, 9.17) is 4.74 Å². The first-order chi connectivity index (χ1) is 9.16. The van der Waals surface area contributed by atoms with Gasteiger partial charge in [0.15, 0.2) is 0 Å². The van der Waals surface area contributed by atoms with Gasteiger partial charge in [0, 0.05) is 38.8 Å². The van der Waals surface area contributed by atoms with E-state index >= 15 is 0 Å². The van der Waals surface area contributed by atoms with Gasteiger partial charge in [-0.25, -0.2) is 0 Å². The molecule has 1 N–H and O–H groups in total. The Hall–Kier alpha value is -0.650. The molecule has 0 radical (unpaired) electrons. The Morgan fingerprint density at radius 3 is 2.68 bits per heavy atom. The monoisotopic (exact) mass is 269 g/mol. The lowest BCUT2D eigenvalue weighted by Gasteiger charge is -2.27. The molecule has 5 heteroatoms. The smallest absolute Gasteiger partial charge is 0.239 e. The molecule has 2 heterocycles. The summed E-state index contributed by atoms with van der Waals surface area (Å²) in [6, 6.07) is 0.422. The quantitative estimate of drug-likeness (QED) is 0.754. The van der Waals surface area contributed by atoms with Gasteiger partial charge in [-0.1, -0.05) is 13.8 Å². The fourth-order valence-corrected chi connectivity index (χ4v) is 2.83. The average Bonchev–Trinajstić information content (AvgIpc) is 2.72. The van der Waals surface area contributed by atoms with Crippen LogP contribution in [0.5, 0.6) is 0 Å². The van der Waals surface area contributed by atoms with Crippen molar-refractivity contribution in [2.75, 3.05) is 45.9 Å². The second kappa shape index (κ2) is 7.22. The molecule has 0 aliphatic carbocycles. The Morgan fingerprint density at radius 1 is 1.26 bits per heavy atom. The van der Waals surface area contributed by atoms with Gasteiger partial charge < -0.3 is 15.0 Å². The van der Waals surface area contributed by atoms with E-state index in [2.05, 4.69) is 24.1 Å². The second-order valence-corrected chi connectivity index (χ2v) is 5.80. The molecule has 0 saturated carbocycles. The number of amides is 1. The van der Waals surface area contributed by atoms with Crippen molar-refractivity contribution < 1.29 is 9.53 Å². The number of nitrogens with one attached hydrogen (secondary N) is 1. The number of hydrogen-bond donors (Lipinski definition) is 1. The summed E-state index contributed by atoms with van der Waals surface area (Å²) in [6.07, 6.45) is 2.02. The average molecular weight is 269 g/mol. The lowest BCUT2D eigenvalue weighted by molar-refractivity contribution is -0.129. The summed E-state index contributed by atoms with van der Waals surface area (Å²) in [7, 11) is 0. The van der Waals surface area contributed by atoms with Crippen LogP contribution in [0.4, 0.5) is 0 Å². The zero-order valence-corrected chi connectivity index (χ0v) is 12.2. The van der Waals surface area contributed by atoms with E-state index in [0.717, 1.165) is 58.8 Å². The Kier molecular flexibility index (Phi) is 5.60. The fraction of sp³-hybridized carbons (Fsp3) is 0.929. The van der Waals surface area contributed by atoms with Gasteiger partial charge >= 0.3 is 0 Å². The molecule has 5 nitrogen and oxygen atoms in total. The summed E-state index contributed by atoms with van der Waals surface area (Å²) in [5.74, 6) is 0.288. The molecule has 1 amide bonds. The van der Waals surface area contributed by atoms with Crippen LogP contribution in [0.25, 0.3) is 0 Å². The van der Waals surface area contributed by atoms with E-state index in [0.29, 0.717) is 6.04 Å². The van der Waals surface area contributed by atoms with Crippen LogP contribution in [0, 0.1) is 0 Å². The second-order valence-electron chi connectivity index (χ2n) is 5.80. The van der Waals surface area contributed by atoms with Crippen LogP contribution in [-0.4, -0.2) is 73.7 Å². The predicted molar refractivity (Wildman–Crippen MR) is 75.1 cm³/mol. The third kappa shape index (κ3) is 4.44. The van der Waals surface area contributed by atoms with Gasteiger partial charge in [0.25, 0.3) is 0 Å². The SMILES string of the molecule is CC(C)NC1CCN(CCCN2CCOCC2)C1=O. The minimum atomic E-state index is 0.0448. The van der Waals surface area contributed by atoms with Crippen molar-refractivity contribution in [3.8, 4) is 0 Å². The highest BCUT2D eigenvalue weighted by atomic mass is 16.5. The van der Waals surface area contributed by atoms with E-state index in [-0.39, 0.29) is 11.9 Å². The predicted octanol–water partition coefficient (Wildman–Crippen LogP) is 0.308. The third-order valence-electron chi connectivity index (χ3n) is 3.84. The van der Waals surface area contributed by atoms with Gasteiger partial charge in [0.2, 0.25) is 5.91 Å². The molecule has 2 rings (SSSR count). The first-order valence-electron chi connectivity index (χ1n) is 7.52. The van der Waals surface area contributed by atoms with Gasteiger partial charge in [-0.15, -0.1) is 0 Å². The summed E-state index contributed by atoms with van der Waals surface area (Å²) >= 11 is 0. The van der Waals surface area contributed by atoms with Crippen molar-refractivity contribution in [2.24, 2.45) is 0 Å². The van der Waals surface area contributed by atoms with Gasteiger partial charge in [0.1, 0.15) is 0 Å². The molecule has 19 heavy (non-hydrogen) atoms. The maximum Gasteiger partial charge on any atom is 0.239 e. The number of rotatable bonds is 6. The van der Waals surface area contributed by atoms with Gasteiger partial charge in [0.05, 0.1) is 19.3 Å². The molecular formula is C14H27N3O2. The van der Waals surface area contributed by atoms with Crippen molar-refractivity contribution in [2.45, 2.75) is 38.8 Å². The molecule has 1 unspecified atom stereocenters. The van der Waals surface area contributed by atoms with Crippen LogP contribution >= 0.6 is 0 Å². The van der Waals surface area contributed by atoms with Gasteiger partial charge in [-0.3, -0.25) is 9.69 Å². The molecule has 2 saturated heterocycles. The molecule has 2 aliphatic rings. The van der Waals surface area contributed by atoms with Crippen LogP contribution in [0.15, 0.2) is 0 Å². The standard InChI is InChI=1S/C14H27N3O2/c1-12(2)15-13-4-7-17(14(13)18)6-3-5-16-8-10-19-11-9-16/h12-13,15H,3-11H2,1-2H3. The number of hydrogen-bond acceptors (Lipinski definition) is 4. The van der Waals surface area contributed by atoms with Crippen molar-refractivity contribution in [1.29, 1.82) is 0 Å². The van der Waals surface area contributed by atoms with Crippen molar-refractivity contribution >= 4 is 5.91 Å². The molecule has 0 aromatic heterocycles. The van der Waals surface area contributed by atoms with E-state index in [1.165, 1.54) is 0 Å². The molecule has 0 spiro atoms. The molecular weight excluding hydrogens is 242 g/mol. The zero-order chi connectivity index (χ0) is 13.7. The normalized spacial score (nSPS) is 25.5. The Morgan fingerprint density at radius 2 is 2.00 bits per heavy atom. The van der Waals surface area contributed by atoms with Gasteiger partial charge in [-0.05, 0) is 12.8 Å². The lowest BCUT2D eigenvalue weighted by Crippen LogP contribution is -2.42. The van der Waals surface area contributed by atoms with Crippen molar-refractivity contribution in [1.82, 2.24) is 15.1 Å². The summed E-state index contributed by atoms with van der Waals surface area (Å²) in [6.45, 7) is 10.8. The lowest BCUT2D eigenvalue weighted by atomic mass is 10.2. The van der Waals surface area contributed by atoms with Crippen LogP contribution in [0.2, 0.25) is 0 Å². The first-order valence-corrected chi connectivity index (χ1v) is 7.52. The zero-order valence-electron chi connectivity index (χ0n) is 12.2. The topological polar surface area (TPSA) is 44.8 Å². The maximum absolute atomic E-state index is 12.2. The summed E-state index contributed by atoms with van der Waals surface area (Å²) < 4.78 is 5.33. The first kappa shape index (κ1) is 14.8. The van der Waals surface area contributed by atoms with Crippen molar-refractivity contribution in [3.05, 3.63) is 0 Å². The number of likely N-dealkylation sites (tertiary alicyclic amines) is 1. The molecule has 2 aliphatic heterocycles. The molecule has 110 valence electrons. The minimum Gasteiger partial charge on any atom is -0.379 e. The molecule has 0 aromatic carbocycles. The van der Waals surface area contributed by atoms with E-state index in [9.17, 15) is 4.79 Å². The Balaban J connectivity index is 1.64. The van der Waals surface area contributed by atoms with E-state index in [1.54, 1.807) is 0 Å². The maximum atomic E-state index is 12.2.